The molecule has 2 aliphatic rings. The Hall–Kier alpha value is -2.08. The number of fused-ring (bicyclic) bond motifs is 1. The van der Waals surface area contributed by atoms with Gasteiger partial charge in [0.2, 0.25) is 5.91 Å². The molecule has 1 fully saturated rings. The Morgan fingerprint density at radius 3 is 2.54 bits per heavy atom. The SMILES string of the molecule is O=C(CCC(=O)c1ccc2c(c1)OCCO2)NCC1(O)CCCC1. The van der Waals surface area contributed by atoms with Gasteiger partial charge in [-0.15, -0.1) is 0 Å². The van der Waals surface area contributed by atoms with Crippen molar-refractivity contribution in [2.45, 2.75) is 44.1 Å². The van der Waals surface area contributed by atoms with Gasteiger partial charge in [0, 0.05) is 24.9 Å². The first-order valence-electron chi connectivity index (χ1n) is 8.48. The van der Waals surface area contributed by atoms with Crippen LogP contribution < -0.4 is 14.8 Å². The number of ether oxygens (including phenoxy) is 2. The van der Waals surface area contributed by atoms with Gasteiger partial charge in [-0.2, -0.15) is 0 Å². The first-order valence-corrected chi connectivity index (χ1v) is 8.48. The summed E-state index contributed by atoms with van der Waals surface area (Å²) in [5.74, 6) is 0.892. The minimum absolute atomic E-state index is 0.110. The van der Waals surface area contributed by atoms with E-state index in [1.54, 1.807) is 18.2 Å². The van der Waals surface area contributed by atoms with E-state index in [0.29, 0.717) is 30.3 Å². The predicted octanol–water partition coefficient (Wildman–Crippen LogP) is 1.84. The van der Waals surface area contributed by atoms with Crippen LogP contribution in [-0.2, 0) is 4.79 Å². The number of carbonyl (C=O) groups is 2. The number of benzene rings is 1. The van der Waals surface area contributed by atoms with E-state index in [9.17, 15) is 14.7 Å². The highest BCUT2D eigenvalue weighted by atomic mass is 16.6. The first-order chi connectivity index (χ1) is 11.6. The molecule has 0 unspecified atom stereocenters. The minimum Gasteiger partial charge on any atom is -0.486 e. The number of nitrogens with one attached hydrogen (secondary N) is 1. The van der Waals surface area contributed by atoms with Gasteiger partial charge in [-0.25, -0.2) is 0 Å². The summed E-state index contributed by atoms with van der Waals surface area (Å²) in [7, 11) is 0. The Labute approximate surface area is 141 Å². The molecule has 1 aliphatic carbocycles. The highest BCUT2D eigenvalue weighted by Gasteiger charge is 2.31. The first kappa shape index (κ1) is 16.8. The van der Waals surface area contributed by atoms with Gasteiger partial charge >= 0.3 is 0 Å². The van der Waals surface area contributed by atoms with E-state index in [1.165, 1.54) is 0 Å². The third-order valence-corrected chi connectivity index (χ3v) is 4.59. The second-order valence-electron chi connectivity index (χ2n) is 6.49. The molecule has 1 aromatic carbocycles. The summed E-state index contributed by atoms with van der Waals surface area (Å²) in [5.41, 5.74) is -0.253. The summed E-state index contributed by atoms with van der Waals surface area (Å²) in [4.78, 5) is 24.1. The molecule has 6 nitrogen and oxygen atoms in total. The molecule has 1 amide bonds. The van der Waals surface area contributed by atoms with Crippen LogP contribution in [0.25, 0.3) is 0 Å². The average Bonchev–Trinajstić information content (AvgIpc) is 3.04. The lowest BCUT2D eigenvalue weighted by molar-refractivity contribution is -0.122. The van der Waals surface area contributed by atoms with Gasteiger partial charge in [0.05, 0.1) is 5.60 Å². The van der Waals surface area contributed by atoms with Crippen LogP contribution in [0.4, 0.5) is 0 Å². The van der Waals surface area contributed by atoms with Crippen molar-refractivity contribution in [2.75, 3.05) is 19.8 Å². The lowest BCUT2D eigenvalue weighted by atomic mass is 10.0. The summed E-state index contributed by atoms with van der Waals surface area (Å²) in [6.07, 6.45) is 3.68. The van der Waals surface area contributed by atoms with Crippen molar-refractivity contribution in [2.24, 2.45) is 0 Å². The maximum absolute atomic E-state index is 12.2. The molecule has 3 rings (SSSR count). The molecule has 1 saturated carbocycles. The third-order valence-electron chi connectivity index (χ3n) is 4.59. The number of ketones is 1. The Morgan fingerprint density at radius 2 is 1.79 bits per heavy atom. The van der Waals surface area contributed by atoms with E-state index < -0.39 is 5.60 Å². The molecule has 0 saturated heterocycles. The van der Waals surface area contributed by atoms with Gasteiger partial charge in [-0.3, -0.25) is 9.59 Å². The van der Waals surface area contributed by atoms with E-state index >= 15 is 0 Å². The van der Waals surface area contributed by atoms with E-state index in [2.05, 4.69) is 5.32 Å². The number of aliphatic hydroxyl groups is 1. The normalized spacial score (nSPS) is 18.2. The lowest BCUT2D eigenvalue weighted by Crippen LogP contribution is -2.40. The van der Waals surface area contributed by atoms with Gasteiger partial charge < -0.3 is 19.9 Å². The molecule has 0 atom stereocenters. The fraction of sp³-hybridized carbons (Fsp3) is 0.556. The smallest absolute Gasteiger partial charge is 0.220 e. The monoisotopic (exact) mass is 333 g/mol. The van der Waals surface area contributed by atoms with Crippen LogP contribution in [0.2, 0.25) is 0 Å². The van der Waals surface area contributed by atoms with Gasteiger partial charge in [0.1, 0.15) is 13.2 Å². The zero-order valence-corrected chi connectivity index (χ0v) is 13.7. The molecule has 0 radical (unpaired) electrons. The lowest BCUT2D eigenvalue weighted by Gasteiger charge is -2.22. The van der Waals surface area contributed by atoms with Crippen molar-refractivity contribution in [3.05, 3.63) is 23.8 Å². The number of hydrogen-bond donors (Lipinski definition) is 2. The van der Waals surface area contributed by atoms with Crippen LogP contribution >= 0.6 is 0 Å². The molecule has 0 bridgehead atoms. The van der Waals surface area contributed by atoms with Crippen LogP contribution in [-0.4, -0.2) is 42.2 Å². The quantitative estimate of drug-likeness (QED) is 0.776. The Kier molecular flexibility index (Phi) is 5.04. The maximum atomic E-state index is 12.2. The van der Waals surface area contributed by atoms with Crippen molar-refractivity contribution in [3.8, 4) is 11.5 Å². The fourth-order valence-corrected chi connectivity index (χ4v) is 3.15. The molecule has 0 spiro atoms. The van der Waals surface area contributed by atoms with Gasteiger partial charge in [0.15, 0.2) is 17.3 Å². The summed E-state index contributed by atoms with van der Waals surface area (Å²) < 4.78 is 10.9. The summed E-state index contributed by atoms with van der Waals surface area (Å²) in [6.45, 7) is 1.24. The molecule has 2 N–H and O–H groups in total. The standard InChI is InChI=1S/C18H23NO5/c20-14(13-3-5-15-16(11-13)24-10-9-23-15)4-6-17(21)19-12-18(22)7-1-2-8-18/h3,5,11,22H,1-2,4,6-10,12H2,(H,19,21). The van der Waals surface area contributed by atoms with Crippen molar-refractivity contribution in [1.29, 1.82) is 0 Å². The summed E-state index contributed by atoms with van der Waals surface area (Å²) in [6, 6.07) is 5.07. The van der Waals surface area contributed by atoms with E-state index in [4.69, 9.17) is 9.47 Å². The highest BCUT2D eigenvalue weighted by Crippen LogP contribution is 2.31. The fourth-order valence-electron chi connectivity index (χ4n) is 3.15. The topological polar surface area (TPSA) is 84.9 Å². The minimum atomic E-state index is -0.768. The van der Waals surface area contributed by atoms with E-state index in [-0.39, 0.29) is 31.1 Å². The van der Waals surface area contributed by atoms with Crippen LogP contribution in [0.5, 0.6) is 11.5 Å². The third kappa shape index (κ3) is 4.06. The van der Waals surface area contributed by atoms with Crippen LogP contribution in [0.3, 0.4) is 0 Å². The molecule has 24 heavy (non-hydrogen) atoms. The molecule has 0 aromatic heterocycles. The zero-order valence-electron chi connectivity index (χ0n) is 13.7. The Bertz CT molecular complexity index is 622. The molecule has 1 aromatic rings. The van der Waals surface area contributed by atoms with Crippen molar-refractivity contribution in [1.82, 2.24) is 5.32 Å². The second-order valence-corrected chi connectivity index (χ2v) is 6.49. The maximum Gasteiger partial charge on any atom is 0.220 e. The van der Waals surface area contributed by atoms with E-state index in [1.807, 2.05) is 0 Å². The van der Waals surface area contributed by atoms with Gasteiger partial charge in [-0.05, 0) is 31.0 Å². The van der Waals surface area contributed by atoms with Crippen molar-refractivity contribution in [3.63, 3.8) is 0 Å². The predicted molar refractivity (Wildman–Crippen MR) is 87.4 cm³/mol. The molecular formula is C18H23NO5. The average molecular weight is 333 g/mol. The molecule has 1 aliphatic heterocycles. The molecule has 1 heterocycles. The highest BCUT2D eigenvalue weighted by molar-refractivity contribution is 5.98. The van der Waals surface area contributed by atoms with Gasteiger partial charge in [0.25, 0.3) is 0 Å². The number of hydrogen-bond acceptors (Lipinski definition) is 5. The number of rotatable bonds is 6. The molecule has 6 heteroatoms. The summed E-state index contributed by atoms with van der Waals surface area (Å²) in [5, 5.41) is 12.9. The van der Waals surface area contributed by atoms with Crippen molar-refractivity contribution >= 4 is 11.7 Å². The van der Waals surface area contributed by atoms with Crippen LogP contribution in [0.15, 0.2) is 18.2 Å². The molecule has 130 valence electrons. The van der Waals surface area contributed by atoms with Crippen molar-refractivity contribution < 1.29 is 24.2 Å². The second kappa shape index (κ2) is 7.21. The Balaban J connectivity index is 1.47. The Morgan fingerprint density at radius 1 is 1.08 bits per heavy atom. The van der Waals surface area contributed by atoms with Gasteiger partial charge in [-0.1, -0.05) is 12.8 Å². The zero-order chi connectivity index (χ0) is 17.0. The van der Waals surface area contributed by atoms with E-state index in [0.717, 1.165) is 25.7 Å². The van der Waals surface area contributed by atoms with Crippen LogP contribution in [0, 0.1) is 0 Å². The number of carbonyl (C=O) groups excluding carboxylic acids is 2. The summed E-state index contributed by atoms with van der Waals surface area (Å²) >= 11 is 0. The van der Waals surface area contributed by atoms with Crippen LogP contribution in [0.1, 0.15) is 48.9 Å². The largest absolute Gasteiger partial charge is 0.486 e. The number of amides is 1. The molecular weight excluding hydrogens is 310 g/mol. The number of Topliss-reactive ketones (excluding diaryl/α,β-unsaturated/α-hetero) is 1.